The molecule has 2 amide bonds. The lowest BCUT2D eigenvalue weighted by Gasteiger charge is -2.36. The van der Waals surface area contributed by atoms with E-state index in [4.69, 9.17) is 17.3 Å². The fourth-order valence-corrected chi connectivity index (χ4v) is 2.83. The molecule has 0 aliphatic carbocycles. The summed E-state index contributed by atoms with van der Waals surface area (Å²) in [6, 6.07) is 6.46. The molecule has 1 saturated heterocycles. The maximum atomic E-state index is 12.5. The maximum absolute atomic E-state index is 12.5. The number of hydrogen-bond acceptors (Lipinski definition) is 3. The summed E-state index contributed by atoms with van der Waals surface area (Å²) in [6.07, 6.45) is 0.875. The Morgan fingerprint density at radius 2 is 1.79 bits per heavy atom. The third kappa shape index (κ3) is 4.85. The van der Waals surface area contributed by atoms with Gasteiger partial charge in [0.25, 0.3) is 5.91 Å². The zero-order valence-electron chi connectivity index (χ0n) is 14.1. The van der Waals surface area contributed by atoms with Crippen LogP contribution in [0.1, 0.15) is 30.6 Å². The molecule has 1 fully saturated rings. The van der Waals surface area contributed by atoms with Crippen molar-refractivity contribution < 1.29 is 9.59 Å². The summed E-state index contributed by atoms with van der Waals surface area (Å²) >= 11 is 5.93. The molecule has 7 heteroatoms. The number of benzene rings is 1. The molecular weight excluding hydrogens is 349 g/mol. The summed E-state index contributed by atoms with van der Waals surface area (Å²) < 4.78 is 0. The van der Waals surface area contributed by atoms with Gasteiger partial charge in [0, 0.05) is 36.8 Å². The fraction of sp³-hybridized carbons (Fsp3) is 0.529. The van der Waals surface area contributed by atoms with Crippen LogP contribution in [0.3, 0.4) is 0 Å². The van der Waals surface area contributed by atoms with E-state index in [1.165, 1.54) is 0 Å². The number of amides is 2. The quantitative estimate of drug-likeness (QED) is 0.880. The van der Waals surface area contributed by atoms with Crippen LogP contribution >= 0.6 is 24.0 Å². The molecule has 2 N–H and O–H groups in total. The molecule has 2 rings (SSSR count). The summed E-state index contributed by atoms with van der Waals surface area (Å²) in [5.41, 5.74) is 6.60. The first-order chi connectivity index (χ1) is 10.9. The molecule has 0 saturated carbocycles. The number of piperazine rings is 1. The zero-order chi connectivity index (χ0) is 17.0. The molecule has 0 radical (unpaired) electrons. The molecule has 2 atom stereocenters. The topological polar surface area (TPSA) is 66.6 Å². The number of hydrogen-bond donors (Lipinski definition) is 1. The van der Waals surface area contributed by atoms with Crippen LogP contribution in [0.15, 0.2) is 24.3 Å². The minimum atomic E-state index is -0.463. The SMILES string of the molecule is CCC(C)C(N)C(=O)N1CCN(C(=O)c2cccc(Cl)c2)CC1.Cl. The Labute approximate surface area is 154 Å². The highest BCUT2D eigenvalue weighted by molar-refractivity contribution is 6.30. The Hall–Kier alpha value is -1.30. The van der Waals surface area contributed by atoms with Crippen LogP contribution in [-0.4, -0.2) is 53.8 Å². The first-order valence-electron chi connectivity index (χ1n) is 8.03. The molecule has 0 spiro atoms. The van der Waals surface area contributed by atoms with Crippen LogP contribution < -0.4 is 5.73 Å². The van der Waals surface area contributed by atoms with Gasteiger partial charge >= 0.3 is 0 Å². The Bertz CT molecular complexity index is 575. The zero-order valence-corrected chi connectivity index (χ0v) is 15.6. The molecule has 134 valence electrons. The van der Waals surface area contributed by atoms with Crippen molar-refractivity contribution in [3.63, 3.8) is 0 Å². The van der Waals surface area contributed by atoms with Gasteiger partial charge in [-0.2, -0.15) is 0 Å². The standard InChI is InChI=1S/C17H24ClN3O2.ClH/c1-3-12(2)15(19)17(23)21-9-7-20(8-10-21)16(22)13-5-4-6-14(18)11-13;/h4-6,11-12,15H,3,7-10,19H2,1-2H3;1H. The van der Waals surface area contributed by atoms with Gasteiger partial charge in [-0.15, -0.1) is 12.4 Å². The third-order valence-corrected chi connectivity index (χ3v) is 4.73. The first kappa shape index (κ1) is 20.7. The van der Waals surface area contributed by atoms with Gasteiger partial charge in [-0.3, -0.25) is 9.59 Å². The highest BCUT2D eigenvalue weighted by Crippen LogP contribution is 2.15. The fourth-order valence-electron chi connectivity index (χ4n) is 2.64. The number of rotatable bonds is 4. The van der Waals surface area contributed by atoms with E-state index in [1.54, 1.807) is 34.1 Å². The number of carbonyl (C=O) groups is 2. The van der Waals surface area contributed by atoms with Crippen LogP contribution in [0.2, 0.25) is 5.02 Å². The lowest BCUT2D eigenvalue weighted by molar-refractivity contribution is -0.135. The van der Waals surface area contributed by atoms with Crippen LogP contribution in [0, 0.1) is 5.92 Å². The largest absolute Gasteiger partial charge is 0.338 e. The molecule has 1 aliphatic heterocycles. The Morgan fingerprint density at radius 3 is 2.33 bits per heavy atom. The second-order valence-corrected chi connectivity index (χ2v) is 6.48. The van der Waals surface area contributed by atoms with Crippen molar-refractivity contribution in [2.24, 2.45) is 11.7 Å². The summed E-state index contributed by atoms with van der Waals surface area (Å²) in [6.45, 7) is 6.10. The van der Waals surface area contributed by atoms with Crippen molar-refractivity contribution in [1.82, 2.24) is 9.80 Å². The molecule has 0 aromatic heterocycles. The van der Waals surface area contributed by atoms with Crippen LogP contribution in [-0.2, 0) is 4.79 Å². The van der Waals surface area contributed by atoms with Gasteiger partial charge in [0.05, 0.1) is 6.04 Å². The number of nitrogens with two attached hydrogens (primary N) is 1. The predicted octanol–water partition coefficient (Wildman–Crippen LogP) is 2.42. The van der Waals surface area contributed by atoms with Crippen molar-refractivity contribution >= 4 is 35.8 Å². The molecule has 0 bridgehead atoms. The molecule has 2 unspecified atom stereocenters. The number of carbonyl (C=O) groups excluding carboxylic acids is 2. The molecule has 1 heterocycles. The van der Waals surface area contributed by atoms with E-state index in [-0.39, 0.29) is 30.1 Å². The van der Waals surface area contributed by atoms with Gasteiger partial charge in [0.1, 0.15) is 0 Å². The highest BCUT2D eigenvalue weighted by atomic mass is 35.5. The minimum absolute atomic E-state index is 0. The average Bonchev–Trinajstić information content (AvgIpc) is 2.59. The van der Waals surface area contributed by atoms with Crippen molar-refractivity contribution in [3.8, 4) is 0 Å². The van der Waals surface area contributed by atoms with Gasteiger partial charge in [-0.1, -0.05) is 37.9 Å². The minimum Gasteiger partial charge on any atom is -0.338 e. The lowest BCUT2D eigenvalue weighted by Crippen LogP contribution is -2.55. The Kier molecular flexibility index (Phi) is 8.00. The van der Waals surface area contributed by atoms with E-state index in [2.05, 4.69) is 0 Å². The molecule has 1 aromatic carbocycles. The number of halogens is 2. The van der Waals surface area contributed by atoms with Gasteiger partial charge in [-0.25, -0.2) is 0 Å². The van der Waals surface area contributed by atoms with E-state index >= 15 is 0 Å². The van der Waals surface area contributed by atoms with Crippen LogP contribution in [0.25, 0.3) is 0 Å². The monoisotopic (exact) mass is 373 g/mol. The molecule has 5 nitrogen and oxygen atoms in total. The van der Waals surface area contributed by atoms with E-state index in [0.29, 0.717) is 36.8 Å². The van der Waals surface area contributed by atoms with Crippen molar-refractivity contribution in [2.45, 2.75) is 26.3 Å². The highest BCUT2D eigenvalue weighted by Gasteiger charge is 2.29. The summed E-state index contributed by atoms with van der Waals surface area (Å²) in [4.78, 5) is 28.3. The molecule has 1 aliphatic rings. The smallest absolute Gasteiger partial charge is 0.254 e. The second-order valence-electron chi connectivity index (χ2n) is 6.04. The molecule has 1 aromatic rings. The first-order valence-corrected chi connectivity index (χ1v) is 8.41. The summed E-state index contributed by atoms with van der Waals surface area (Å²) in [5.74, 6) is 0.0913. The van der Waals surface area contributed by atoms with Crippen LogP contribution in [0.4, 0.5) is 0 Å². The maximum Gasteiger partial charge on any atom is 0.254 e. The van der Waals surface area contributed by atoms with Gasteiger partial charge in [0.15, 0.2) is 0 Å². The second kappa shape index (κ2) is 9.25. The summed E-state index contributed by atoms with van der Waals surface area (Å²) in [5, 5.41) is 0.546. The van der Waals surface area contributed by atoms with Gasteiger partial charge in [-0.05, 0) is 24.1 Å². The third-order valence-electron chi connectivity index (χ3n) is 4.49. The number of nitrogens with zero attached hydrogens (tertiary/aromatic N) is 2. The average molecular weight is 374 g/mol. The summed E-state index contributed by atoms with van der Waals surface area (Å²) in [7, 11) is 0. The van der Waals surface area contributed by atoms with Gasteiger partial charge < -0.3 is 15.5 Å². The molecular formula is C17H25Cl2N3O2. The van der Waals surface area contributed by atoms with Crippen molar-refractivity contribution in [3.05, 3.63) is 34.9 Å². The van der Waals surface area contributed by atoms with Gasteiger partial charge in [0.2, 0.25) is 5.91 Å². The van der Waals surface area contributed by atoms with E-state index in [0.717, 1.165) is 6.42 Å². The Morgan fingerprint density at radius 1 is 1.21 bits per heavy atom. The Balaban J connectivity index is 0.00000288. The van der Waals surface area contributed by atoms with E-state index in [1.807, 2.05) is 13.8 Å². The predicted molar refractivity (Wildman–Crippen MR) is 98.6 cm³/mol. The van der Waals surface area contributed by atoms with E-state index in [9.17, 15) is 9.59 Å². The normalized spacial score (nSPS) is 17.0. The van der Waals surface area contributed by atoms with Crippen LogP contribution in [0.5, 0.6) is 0 Å². The lowest BCUT2D eigenvalue weighted by atomic mass is 9.98. The van der Waals surface area contributed by atoms with Crippen molar-refractivity contribution in [1.29, 1.82) is 0 Å². The van der Waals surface area contributed by atoms with E-state index < -0.39 is 6.04 Å². The molecule has 24 heavy (non-hydrogen) atoms. The van der Waals surface area contributed by atoms with Crippen molar-refractivity contribution in [2.75, 3.05) is 26.2 Å².